The molecule has 4 aromatic heterocycles. The Kier molecular flexibility index (Phi) is 7.40. The van der Waals surface area contributed by atoms with E-state index >= 15 is 0 Å². The molecule has 1 amide bonds. The van der Waals surface area contributed by atoms with Crippen molar-refractivity contribution in [2.75, 3.05) is 31.7 Å². The Morgan fingerprint density at radius 2 is 2.16 bits per heavy atom. The van der Waals surface area contributed by atoms with E-state index in [4.69, 9.17) is 26.1 Å². The molecule has 5 heterocycles. The lowest BCUT2D eigenvalue weighted by atomic mass is 10.0. The normalized spacial score (nSPS) is 17.3. The fourth-order valence-electron chi connectivity index (χ4n) is 4.69. The molecule has 1 aliphatic rings. The first-order chi connectivity index (χ1) is 18.5. The van der Waals surface area contributed by atoms with Crippen LogP contribution in [0.15, 0.2) is 55.1 Å². The van der Waals surface area contributed by atoms with Crippen LogP contribution in [0.2, 0.25) is 5.02 Å². The fourth-order valence-corrected chi connectivity index (χ4v) is 4.90. The molecule has 0 bridgehead atoms. The Labute approximate surface area is 224 Å². The van der Waals surface area contributed by atoms with E-state index in [2.05, 4.69) is 26.4 Å². The van der Waals surface area contributed by atoms with Gasteiger partial charge in [0.2, 0.25) is 0 Å². The number of rotatable bonds is 7. The van der Waals surface area contributed by atoms with Crippen LogP contribution in [0.1, 0.15) is 29.4 Å². The molecular weight excluding hydrogens is 506 g/mol. The Morgan fingerprint density at radius 1 is 1.29 bits per heavy atom. The van der Waals surface area contributed by atoms with E-state index < -0.39 is 0 Å². The van der Waals surface area contributed by atoms with Crippen LogP contribution in [-0.4, -0.2) is 64.4 Å². The molecule has 4 aromatic rings. The minimum absolute atomic E-state index is 0.193. The zero-order valence-electron chi connectivity index (χ0n) is 21.0. The molecular formula is C27H26ClN7O3. The summed E-state index contributed by atoms with van der Waals surface area (Å²) < 4.78 is 13.1. The summed E-state index contributed by atoms with van der Waals surface area (Å²) in [6, 6.07) is 11.2. The van der Waals surface area contributed by atoms with Crippen LogP contribution in [0.4, 0.5) is 5.82 Å². The number of hydrogen-bond donors (Lipinski definition) is 1. The van der Waals surface area contributed by atoms with Crippen LogP contribution in [0.5, 0.6) is 5.75 Å². The number of ether oxygens (including phenoxy) is 2. The quantitative estimate of drug-likeness (QED) is 0.383. The van der Waals surface area contributed by atoms with Gasteiger partial charge in [-0.3, -0.25) is 4.79 Å². The second-order valence-electron chi connectivity index (χ2n) is 8.81. The van der Waals surface area contributed by atoms with E-state index in [9.17, 15) is 10.1 Å². The van der Waals surface area contributed by atoms with Gasteiger partial charge in [0, 0.05) is 43.7 Å². The standard InChI is InChI=1S/C27H26ClN7O3/c1-3-38-19-11-20(26-18(12-29)14-32-35(26)15-19)17-6-7-24(31-13-17)34-10-8-22(23(16-34)37-2)33-27(36)25-21(28)5-4-9-30-25/h4-7,9,11,13-15,22-23H,3,8,10,16H2,1-2H3,(H,33,36)/t22-,23-/m1/s1. The summed E-state index contributed by atoms with van der Waals surface area (Å²) in [5, 5.41) is 17.2. The first kappa shape index (κ1) is 25.4. The van der Waals surface area contributed by atoms with Crippen LogP contribution in [0, 0.1) is 11.3 Å². The van der Waals surface area contributed by atoms with Crippen molar-refractivity contribution in [1.82, 2.24) is 24.9 Å². The number of anilines is 1. The molecule has 2 atom stereocenters. The lowest BCUT2D eigenvalue weighted by Gasteiger charge is -2.38. The molecule has 194 valence electrons. The number of methoxy groups -OCH3 is 1. The number of carbonyl (C=O) groups excluding carboxylic acids is 1. The number of carbonyl (C=O) groups is 1. The average Bonchev–Trinajstić information content (AvgIpc) is 3.36. The van der Waals surface area contributed by atoms with E-state index in [1.165, 1.54) is 0 Å². The van der Waals surface area contributed by atoms with Gasteiger partial charge >= 0.3 is 0 Å². The number of pyridine rings is 3. The Morgan fingerprint density at radius 3 is 2.87 bits per heavy atom. The maximum absolute atomic E-state index is 12.7. The molecule has 1 N–H and O–H groups in total. The molecule has 0 aliphatic carbocycles. The highest BCUT2D eigenvalue weighted by molar-refractivity contribution is 6.33. The topological polar surface area (TPSA) is 118 Å². The lowest BCUT2D eigenvalue weighted by molar-refractivity contribution is 0.0539. The highest BCUT2D eigenvalue weighted by atomic mass is 35.5. The Hall–Kier alpha value is -4.20. The largest absolute Gasteiger partial charge is 0.492 e. The molecule has 0 unspecified atom stereocenters. The van der Waals surface area contributed by atoms with Crippen molar-refractivity contribution in [3.8, 4) is 22.9 Å². The van der Waals surface area contributed by atoms with E-state index in [1.54, 1.807) is 48.5 Å². The summed E-state index contributed by atoms with van der Waals surface area (Å²) in [7, 11) is 1.63. The number of piperidine rings is 1. The van der Waals surface area contributed by atoms with Gasteiger partial charge in [-0.05, 0) is 43.7 Å². The molecule has 11 heteroatoms. The average molecular weight is 532 g/mol. The van der Waals surface area contributed by atoms with Crippen LogP contribution in [0.3, 0.4) is 0 Å². The van der Waals surface area contributed by atoms with E-state index in [-0.39, 0.29) is 23.7 Å². The number of nitrogens with one attached hydrogen (secondary N) is 1. The third-order valence-corrected chi connectivity index (χ3v) is 6.86. The van der Waals surface area contributed by atoms with Gasteiger partial charge in [0.1, 0.15) is 23.3 Å². The van der Waals surface area contributed by atoms with Crippen molar-refractivity contribution in [2.24, 2.45) is 0 Å². The number of nitriles is 1. The minimum Gasteiger partial charge on any atom is -0.492 e. The molecule has 1 fully saturated rings. The summed E-state index contributed by atoms with van der Waals surface area (Å²) >= 11 is 6.14. The molecule has 5 rings (SSSR count). The molecule has 0 spiro atoms. The smallest absolute Gasteiger partial charge is 0.271 e. The van der Waals surface area contributed by atoms with Crippen molar-refractivity contribution >= 4 is 28.8 Å². The summed E-state index contributed by atoms with van der Waals surface area (Å²) in [5.41, 5.74) is 3.04. The molecule has 1 saturated heterocycles. The predicted molar refractivity (Wildman–Crippen MR) is 142 cm³/mol. The first-order valence-corrected chi connectivity index (χ1v) is 12.6. The molecule has 38 heavy (non-hydrogen) atoms. The van der Waals surface area contributed by atoms with Gasteiger partial charge in [-0.1, -0.05) is 11.6 Å². The van der Waals surface area contributed by atoms with Gasteiger partial charge in [-0.2, -0.15) is 10.4 Å². The van der Waals surface area contributed by atoms with Crippen molar-refractivity contribution in [3.05, 3.63) is 71.4 Å². The third-order valence-electron chi connectivity index (χ3n) is 6.55. The van der Waals surface area contributed by atoms with Gasteiger partial charge in [0.15, 0.2) is 0 Å². The Bertz CT molecular complexity index is 1500. The summed E-state index contributed by atoms with van der Waals surface area (Å²) in [6.45, 7) is 3.66. The Balaban J connectivity index is 1.34. The fraction of sp³-hybridized carbons (Fsp3) is 0.296. The molecule has 1 aliphatic heterocycles. The molecule has 0 saturated carbocycles. The monoisotopic (exact) mass is 531 g/mol. The third kappa shape index (κ3) is 4.98. The number of amides is 1. The maximum atomic E-state index is 12.7. The molecule has 10 nitrogen and oxygen atoms in total. The first-order valence-electron chi connectivity index (χ1n) is 12.2. The van der Waals surface area contributed by atoms with Crippen molar-refractivity contribution < 1.29 is 14.3 Å². The van der Waals surface area contributed by atoms with Crippen molar-refractivity contribution in [3.63, 3.8) is 0 Å². The second kappa shape index (κ2) is 11.0. The van der Waals surface area contributed by atoms with Crippen LogP contribution >= 0.6 is 11.6 Å². The van der Waals surface area contributed by atoms with E-state index in [1.807, 2.05) is 25.1 Å². The molecule has 0 aromatic carbocycles. The number of nitrogens with zero attached hydrogens (tertiary/aromatic N) is 6. The van der Waals surface area contributed by atoms with Crippen molar-refractivity contribution in [1.29, 1.82) is 5.26 Å². The second-order valence-corrected chi connectivity index (χ2v) is 9.22. The summed E-state index contributed by atoms with van der Waals surface area (Å²) in [4.78, 5) is 23.7. The van der Waals surface area contributed by atoms with Crippen LogP contribution < -0.4 is 15.0 Å². The van der Waals surface area contributed by atoms with Gasteiger partial charge < -0.3 is 19.7 Å². The lowest BCUT2D eigenvalue weighted by Crippen LogP contribution is -2.55. The SMILES string of the molecule is CCOc1cc(-c2ccc(N3CC[C@@H](NC(=O)c4ncccc4Cl)[C@H](OC)C3)nc2)c2c(C#N)cnn2c1. The molecule has 0 radical (unpaired) electrons. The zero-order valence-corrected chi connectivity index (χ0v) is 21.7. The van der Waals surface area contributed by atoms with Crippen molar-refractivity contribution in [2.45, 2.75) is 25.5 Å². The number of aromatic nitrogens is 4. The zero-order chi connectivity index (χ0) is 26.6. The summed E-state index contributed by atoms with van der Waals surface area (Å²) in [6.07, 6.45) is 7.05. The number of fused-ring (bicyclic) bond motifs is 1. The maximum Gasteiger partial charge on any atom is 0.271 e. The highest BCUT2D eigenvalue weighted by Gasteiger charge is 2.32. The van der Waals surface area contributed by atoms with E-state index in [0.29, 0.717) is 48.0 Å². The minimum atomic E-state index is -0.323. The van der Waals surface area contributed by atoms with Gasteiger partial charge in [-0.15, -0.1) is 0 Å². The summed E-state index contributed by atoms with van der Waals surface area (Å²) in [5.74, 6) is 1.13. The number of halogens is 1. The van der Waals surface area contributed by atoms with Gasteiger partial charge in [0.25, 0.3) is 5.91 Å². The van der Waals surface area contributed by atoms with Crippen LogP contribution in [0.25, 0.3) is 16.6 Å². The number of hydrogen-bond acceptors (Lipinski definition) is 8. The van der Waals surface area contributed by atoms with Crippen LogP contribution in [-0.2, 0) is 4.74 Å². The van der Waals surface area contributed by atoms with Gasteiger partial charge in [-0.25, -0.2) is 14.5 Å². The van der Waals surface area contributed by atoms with E-state index in [0.717, 1.165) is 16.9 Å². The van der Waals surface area contributed by atoms with Gasteiger partial charge in [0.05, 0.1) is 47.2 Å². The highest BCUT2D eigenvalue weighted by Crippen LogP contribution is 2.32. The predicted octanol–water partition coefficient (Wildman–Crippen LogP) is 3.74.